The summed E-state index contributed by atoms with van der Waals surface area (Å²) in [7, 11) is 0. The number of carbonyl (C=O) groups is 2. The van der Waals surface area contributed by atoms with Crippen LogP contribution in [0.4, 0.5) is 9.59 Å². The zero-order chi connectivity index (χ0) is 20.1. The predicted molar refractivity (Wildman–Crippen MR) is 104 cm³/mol. The minimum atomic E-state index is -1.02. The zero-order valence-electron chi connectivity index (χ0n) is 16.5. The van der Waals surface area contributed by atoms with Crippen LogP contribution in [0.15, 0.2) is 30.3 Å². The van der Waals surface area contributed by atoms with Crippen molar-refractivity contribution >= 4 is 12.2 Å². The fourth-order valence-electron chi connectivity index (χ4n) is 2.70. The smallest absolute Gasteiger partial charge is 0.407 e. The van der Waals surface area contributed by atoms with Crippen molar-refractivity contribution in [3.63, 3.8) is 0 Å². The van der Waals surface area contributed by atoms with Crippen LogP contribution in [-0.2, 0) is 16.1 Å². The molecule has 2 amide bonds. The lowest BCUT2D eigenvalue weighted by Crippen LogP contribution is -2.42. The van der Waals surface area contributed by atoms with Crippen molar-refractivity contribution in [1.82, 2.24) is 10.6 Å². The summed E-state index contributed by atoms with van der Waals surface area (Å²) in [5.41, 5.74) is 0.464. The average molecular weight is 380 g/mol. The number of benzene rings is 1. The van der Waals surface area contributed by atoms with Gasteiger partial charge in [0.2, 0.25) is 0 Å². The van der Waals surface area contributed by atoms with Crippen LogP contribution in [0.1, 0.15) is 52.0 Å². The lowest BCUT2D eigenvalue weighted by atomic mass is 9.96. The lowest BCUT2D eigenvalue weighted by molar-refractivity contribution is 0.101. The summed E-state index contributed by atoms with van der Waals surface area (Å²) in [6, 6.07) is 9.37. The van der Waals surface area contributed by atoms with Gasteiger partial charge in [-0.05, 0) is 39.2 Å². The van der Waals surface area contributed by atoms with Gasteiger partial charge in [0.1, 0.15) is 6.61 Å². The first-order valence-electron chi connectivity index (χ1n) is 9.38. The third-order valence-electron chi connectivity index (χ3n) is 4.11. The van der Waals surface area contributed by atoms with Crippen LogP contribution in [0.3, 0.4) is 0 Å². The summed E-state index contributed by atoms with van der Waals surface area (Å²) in [5.74, 6) is 0. The fourth-order valence-corrected chi connectivity index (χ4v) is 2.70. The first kappa shape index (κ1) is 22.8. The van der Waals surface area contributed by atoms with Crippen molar-refractivity contribution in [1.29, 1.82) is 0 Å². The van der Waals surface area contributed by atoms with Crippen molar-refractivity contribution in [3.8, 4) is 0 Å². The maximum Gasteiger partial charge on any atom is 0.407 e. The monoisotopic (exact) mass is 380 g/mol. The number of hydrogen-bond donors (Lipinski definition) is 3. The van der Waals surface area contributed by atoms with Crippen molar-refractivity contribution in [3.05, 3.63) is 35.9 Å². The summed E-state index contributed by atoms with van der Waals surface area (Å²) in [5, 5.41) is 14.2. The first-order chi connectivity index (χ1) is 12.8. The van der Waals surface area contributed by atoms with Crippen molar-refractivity contribution in [2.45, 2.75) is 64.6 Å². The summed E-state index contributed by atoms with van der Waals surface area (Å²) >= 11 is 0. The highest BCUT2D eigenvalue weighted by molar-refractivity contribution is 5.67. The molecule has 1 aromatic carbocycles. The maximum atomic E-state index is 12.0. The van der Waals surface area contributed by atoms with E-state index >= 15 is 0 Å². The lowest BCUT2D eigenvalue weighted by Gasteiger charge is -2.25. The number of ether oxygens (including phenoxy) is 2. The molecule has 0 aliphatic heterocycles. The van der Waals surface area contributed by atoms with Gasteiger partial charge in [-0.25, -0.2) is 9.59 Å². The summed E-state index contributed by atoms with van der Waals surface area (Å²) in [6.45, 7) is 6.85. The van der Waals surface area contributed by atoms with Gasteiger partial charge in [-0.1, -0.05) is 43.2 Å². The topological polar surface area (TPSA) is 96.9 Å². The standard InChI is InChI=1S/C20H32N2O5/c1-4-26-15-17(12-8-9-13-20(2,3)22-18(23)24)21-19(25)27-14-16-10-6-5-7-11-16/h5-7,10-11,17,22H,4,8-9,12-15H2,1-3H3,(H,21,25)(H,23,24)/t17-/m0/s1. The Morgan fingerprint density at radius 2 is 1.89 bits per heavy atom. The molecule has 0 fully saturated rings. The van der Waals surface area contributed by atoms with E-state index < -0.39 is 17.7 Å². The molecule has 1 rings (SSSR count). The molecule has 0 aliphatic rings. The summed E-state index contributed by atoms with van der Waals surface area (Å²) in [6.07, 6.45) is 1.68. The van der Waals surface area contributed by atoms with Crippen molar-refractivity contribution in [2.24, 2.45) is 0 Å². The van der Waals surface area contributed by atoms with E-state index in [-0.39, 0.29) is 12.6 Å². The van der Waals surface area contributed by atoms with Gasteiger partial charge in [-0.15, -0.1) is 0 Å². The molecule has 7 heteroatoms. The van der Waals surface area contributed by atoms with Crippen LogP contribution in [-0.4, -0.2) is 42.1 Å². The Hall–Kier alpha value is -2.28. The first-order valence-corrected chi connectivity index (χ1v) is 9.38. The van der Waals surface area contributed by atoms with Gasteiger partial charge in [0.05, 0.1) is 12.6 Å². The van der Waals surface area contributed by atoms with Gasteiger partial charge in [0.15, 0.2) is 0 Å². The van der Waals surface area contributed by atoms with E-state index in [1.807, 2.05) is 51.1 Å². The molecule has 0 spiro atoms. The van der Waals surface area contributed by atoms with E-state index in [4.69, 9.17) is 14.6 Å². The van der Waals surface area contributed by atoms with E-state index in [0.717, 1.165) is 31.2 Å². The molecule has 1 aromatic rings. The molecule has 7 nitrogen and oxygen atoms in total. The molecule has 1 atom stereocenters. The normalized spacial score (nSPS) is 12.3. The second-order valence-electron chi connectivity index (χ2n) is 7.12. The number of nitrogens with one attached hydrogen (secondary N) is 2. The minimum absolute atomic E-state index is 0.135. The molecule has 0 saturated carbocycles. The van der Waals surface area contributed by atoms with E-state index in [1.165, 1.54) is 0 Å². The minimum Gasteiger partial charge on any atom is -0.465 e. The Kier molecular flexibility index (Phi) is 10.3. The predicted octanol–water partition coefficient (Wildman–Crippen LogP) is 3.92. The second kappa shape index (κ2) is 12.2. The Morgan fingerprint density at radius 3 is 2.52 bits per heavy atom. The molecule has 27 heavy (non-hydrogen) atoms. The molecule has 0 aliphatic carbocycles. The largest absolute Gasteiger partial charge is 0.465 e. The van der Waals surface area contributed by atoms with Crippen LogP contribution in [0.5, 0.6) is 0 Å². The molecule has 3 N–H and O–H groups in total. The van der Waals surface area contributed by atoms with E-state index in [2.05, 4.69) is 10.6 Å². The number of carboxylic acid groups (broad SMARTS) is 1. The Balaban J connectivity index is 2.36. The molecule has 0 radical (unpaired) electrons. The van der Waals surface area contributed by atoms with Gasteiger partial charge in [0, 0.05) is 12.1 Å². The molecule has 0 heterocycles. The van der Waals surface area contributed by atoms with Crippen molar-refractivity contribution < 1.29 is 24.2 Å². The average Bonchev–Trinajstić information content (AvgIpc) is 2.61. The van der Waals surface area contributed by atoms with E-state index in [1.54, 1.807) is 0 Å². The molecule has 0 bridgehead atoms. The van der Waals surface area contributed by atoms with Crippen LogP contribution in [0, 0.1) is 0 Å². The molecule has 0 unspecified atom stereocenters. The number of hydrogen-bond acceptors (Lipinski definition) is 4. The number of carbonyl (C=O) groups excluding carboxylic acids is 1. The van der Waals surface area contributed by atoms with E-state index in [9.17, 15) is 9.59 Å². The van der Waals surface area contributed by atoms with Gasteiger partial charge in [-0.3, -0.25) is 0 Å². The van der Waals surface area contributed by atoms with Gasteiger partial charge < -0.3 is 25.2 Å². The maximum absolute atomic E-state index is 12.0. The molecule has 0 saturated heterocycles. The number of amides is 2. The molecule has 152 valence electrons. The number of unbranched alkanes of at least 4 members (excludes halogenated alkanes) is 1. The SMILES string of the molecule is CCOC[C@H](CCCCC(C)(C)NC(=O)O)NC(=O)OCc1ccccc1. The summed E-state index contributed by atoms with van der Waals surface area (Å²) < 4.78 is 10.7. The third kappa shape index (κ3) is 11.1. The van der Waals surface area contributed by atoms with Crippen LogP contribution in [0.2, 0.25) is 0 Å². The van der Waals surface area contributed by atoms with E-state index in [0.29, 0.717) is 13.2 Å². The highest BCUT2D eigenvalue weighted by Gasteiger charge is 2.20. The quantitative estimate of drug-likeness (QED) is 0.478. The highest BCUT2D eigenvalue weighted by atomic mass is 16.5. The van der Waals surface area contributed by atoms with Crippen LogP contribution < -0.4 is 10.6 Å². The van der Waals surface area contributed by atoms with Gasteiger partial charge in [0.25, 0.3) is 0 Å². The molecular formula is C20H32N2O5. The molecular weight excluding hydrogens is 348 g/mol. The Bertz CT molecular complexity index is 563. The zero-order valence-corrected chi connectivity index (χ0v) is 16.5. The second-order valence-corrected chi connectivity index (χ2v) is 7.12. The number of rotatable bonds is 12. The third-order valence-corrected chi connectivity index (χ3v) is 4.11. The van der Waals surface area contributed by atoms with Gasteiger partial charge in [-0.2, -0.15) is 0 Å². The van der Waals surface area contributed by atoms with Crippen LogP contribution >= 0.6 is 0 Å². The van der Waals surface area contributed by atoms with Crippen LogP contribution in [0.25, 0.3) is 0 Å². The highest BCUT2D eigenvalue weighted by Crippen LogP contribution is 2.15. The summed E-state index contributed by atoms with van der Waals surface area (Å²) in [4.78, 5) is 22.8. The molecule has 0 aromatic heterocycles. The Morgan fingerprint density at radius 1 is 1.19 bits per heavy atom. The Labute approximate surface area is 161 Å². The van der Waals surface area contributed by atoms with Gasteiger partial charge >= 0.3 is 12.2 Å². The number of alkyl carbamates (subject to hydrolysis) is 1. The van der Waals surface area contributed by atoms with Crippen molar-refractivity contribution in [2.75, 3.05) is 13.2 Å². The fraction of sp³-hybridized carbons (Fsp3) is 0.600.